The van der Waals surface area contributed by atoms with Gasteiger partial charge in [-0.15, -0.1) is 0 Å². The van der Waals surface area contributed by atoms with Crippen molar-refractivity contribution in [3.8, 4) is 0 Å². The molecule has 0 aromatic carbocycles. The summed E-state index contributed by atoms with van der Waals surface area (Å²) in [5.74, 6) is 0.00203. The summed E-state index contributed by atoms with van der Waals surface area (Å²) in [5, 5.41) is 3.01. The maximum absolute atomic E-state index is 12.2. The summed E-state index contributed by atoms with van der Waals surface area (Å²) in [6.45, 7) is 0.723. The smallest absolute Gasteiger partial charge is 0.268 e. The number of rotatable bonds is 5. The van der Waals surface area contributed by atoms with Gasteiger partial charge in [0.25, 0.3) is 5.91 Å². The average molecular weight is 259 g/mol. The minimum atomic E-state index is 0.00203. The van der Waals surface area contributed by atoms with Gasteiger partial charge >= 0.3 is 0 Å². The van der Waals surface area contributed by atoms with E-state index in [2.05, 4.69) is 11.4 Å². The Balaban J connectivity index is 1.57. The fraction of sp³-hybridized carbons (Fsp3) is 0.533. The lowest BCUT2D eigenvalue weighted by atomic mass is 10.2. The van der Waals surface area contributed by atoms with Crippen molar-refractivity contribution in [3.05, 3.63) is 29.6 Å². The second-order valence-electron chi connectivity index (χ2n) is 5.56. The molecule has 0 bridgehead atoms. The lowest BCUT2D eigenvalue weighted by molar-refractivity contribution is 0.0944. The molecule has 1 aromatic heterocycles. The number of hydrogen-bond donors (Lipinski definition) is 2. The number of nitrogens with two attached hydrogens (primary N) is 1. The molecule has 19 heavy (non-hydrogen) atoms. The Morgan fingerprint density at radius 2 is 2.32 bits per heavy atom. The van der Waals surface area contributed by atoms with Crippen LogP contribution in [-0.2, 0) is 0 Å². The van der Waals surface area contributed by atoms with Crippen LogP contribution in [0.5, 0.6) is 0 Å². The largest absolute Gasteiger partial charge is 0.397 e. The van der Waals surface area contributed by atoms with Gasteiger partial charge in [-0.05, 0) is 44.6 Å². The number of nitrogens with zero attached hydrogens (tertiary/aromatic N) is 1. The third-order valence-corrected chi connectivity index (χ3v) is 3.91. The van der Waals surface area contributed by atoms with E-state index in [4.69, 9.17) is 5.73 Å². The van der Waals surface area contributed by atoms with Gasteiger partial charge < -0.3 is 15.6 Å². The van der Waals surface area contributed by atoms with E-state index in [1.54, 1.807) is 6.07 Å². The minimum absolute atomic E-state index is 0.00203. The van der Waals surface area contributed by atoms with Crippen LogP contribution < -0.4 is 11.1 Å². The molecule has 102 valence electrons. The fourth-order valence-corrected chi connectivity index (χ4v) is 2.73. The number of aromatic nitrogens is 1. The van der Waals surface area contributed by atoms with E-state index in [0.29, 0.717) is 17.4 Å². The SMILES string of the molecule is Nc1cc(C(=O)NCCC2=CCCC2)n(C2CC2)c1. The second kappa shape index (κ2) is 5.11. The average Bonchev–Trinajstić information content (AvgIpc) is 2.96. The molecule has 0 radical (unpaired) electrons. The summed E-state index contributed by atoms with van der Waals surface area (Å²) < 4.78 is 2.03. The number of carbonyl (C=O) groups is 1. The van der Waals surface area contributed by atoms with Crippen molar-refractivity contribution in [1.29, 1.82) is 0 Å². The van der Waals surface area contributed by atoms with E-state index in [1.165, 1.54) is 24.8 Å². The first kappa shape index (κ1) is 12.3. The van der Waals surface area contributed by atoms with Crippen molar-refractivity contribution < 1.29 is 4.79 Å². The number of allylic oxidation sites excluding steroid dienone is 1. The second-order valence-corrected chi connectivity index (χ2v) is 5.56. The topological polar surface area (TPSA) is 60.1 Å². The van der Waals surface area contributed by atoms with Crippen molar-refractivity contribution in [1.82, 2.24) is 9.88 Å². The maximum Gasteiger partial charge on any atom is 0.268 e. The van der Waals surface area contributed by atoms with Crippen LogP contribution in [0.2, 0.25) is 0 Å². The zero-order valence-electron chi connectivity index (χ0n) is 11.2. The van der Waals surface area contributed by atoms with Crippen LogP contribution in [0, 0.1) is 0 Å². The van der Waals surface area contributed by atoms with Gasteiger partial charge in [-0.3, -0.25) is 4.79 Å². The number of hydrogen-bond acceptors (Lipinski definition) is 2. The lowest BCUT2D eigenvalue weighted by Crippen LogP contribution is -2.26. The van der Waals surface area contributed by atoms with Gasteiger partial charge in [0.15, 0.2) is 0 Å². The summed E-state index contributed by atoms with van der Waals surface area (Å²) in [4.78, 5) is 12.2. The zero-order valence-corrected chi connectivity index (χ0v) is 11.2. The van der Waals surface area contributed by atoms with Crippen LogP contribution in [0.4, 0.5) is 5.69 Å². The van der Waals surface area contributed by atoms with Gasteiger partial charge in [-0.25, -0.2) is 0 Å². The molecule has 0 saturated heterocycles. The highest BCUT2D eigenvalue weighted by Crippen LogP contribution is 2.37. The molecule has 1 heterocycles. The Kier molecular flexibility index (Phi) is 3.32. The Bertz CT molecular complexity index is 511. The number of anilines is 1. The van der Waals surface area contributed by atoms with Gasteiger partial charge in [0.2, 0.25) is 0 Å². The molecule has 4 nitrogen and oxygen atoms in total. The van der Waals surface area contributed by atoms with Gasteiger partial charge in [0.05, 0.1) is 5.69 Å². The molecule has 4 heteroatoms. The molecule has 2 aliphatic rings. The highest BCUT2D eigenvalue weighted by molar-refractivity contribution is 5.93. The van der Waals surface area contributed by atoms with Gasteiger partial charge in [-0.1, -0.05) is 11.6 Å². The van der Waals surface area contributed by atoms with Crippen LogP contribution in [0.15, 0.2) is 23.9 Å². The minimum Gasteiger partial charge on any atom is -0.397 e. The third kappa shape index (κ3) is 2.83. The number of carbonyl (C=O) groups excluding carboxylic acids is 1. The molecule has 1 amide bonds. The van der Waals surface area contributed by atoms with E-state index in [1.807, 2.05) is 10.8 Å². The van der Waals surface area contributed by atoms with E-state index >= 15 is 0 Å². The molecule has 1 aromatic rings. The van der Waals surface area contributed by atoms with E-state index < -0.39 is 0 Å². The number of amides is 1. The quantitative estimate of drug-likeness (QED) is 0.799. The highest BCUT2D eigenvalue weighted by atomic mass is 16.1. The Labute approximate surface area is 113 Å². The molecule has 0 spiro atoms. The van der Waals surface area contributed by atoms with Crippen molar-refractivity contribution in [2.24, 2.45) is 0 Å². The normalized spacial score (nSPS) is 18.4. The van der Waals surface area contributed by atoms with Crippen LogP contribution >= 0.6 is 0 Å². The van der Waals surface area contributed by atoms with Crippen LogP contribution in [0.3, 0.4) is 0 Å². The molecule has 0 aliphatic heterocycles. The van der Waals surface area contributed by atoms with Gasteiger partial charge in [0.1, 0.15) is 5.69 Å². The first-order valence-electron chi connectivity index (χ1n) is 7.17. The molecular formula is C15H21N3O. The molecular weight excluding hydrogens is 238 g/mol. The molecule has 3 rings (SSSR count). The Morgan fingerprint density at radius 1 is 1.47 bits per heavy atom. The van der Waals surface area contributed by atoms with Crippen LogP contribution in [-0.4, -0.2) is 17.0 Å². The van der Waals surface area contributed by atoms with E-state index in [-0.39, 0.29) is 5.91 Å². The molecule has 0 atom stereocenters. The van der Waals surface area contributed by atoms with Gasteiger partial charge in [0, 0.05) is 18.8 Å². The van der Waals surface area contributed by atoms with Crippen LogP contribution in [0.1, 0.15) is 55.1 Å². The van der Waals surface area contributed by atoms with Crippen LogP contribution in [0.25, 0.3) is 0 Å². The summed E-state index contributed by atoms with van der Waals surface area (Å²) >= 11 is 0. The number of nitrogen functional groups attached to an aromatic ring is 1. The number of nitrogens with one attached hydrogen (secondary N) is 1. The fourth-order valence-electron chi connectivity index (χ4n) is 2.73. The first-order valence-corrected chi connectivity index (χ1v) is 7.17. The summed E-state index contributed by atoms with van der Waals surface area (Å²) in [7, 11) is 0. The van der Waals surface area contributed by atoms with Crippen molar-refractivity contribution >= 4 is 11.6 Å². The standard InChI is InChI=1S/C15H21N3O/c16-12-9-14(18(10-12)13-5-6-13)15(19)17-8-7-11-3-1-2-4-11/h3,9-10,13H,1-2,4-8,16H2,(H,17,19). The Morgan fingerprint density at radius 3 is 3.00 bits per heavy atom. The molecule has 1 fully saturated rings. The van der Waals surface area contributed by atoms with Crippen molar-refractivity contribution in [2.45, 2.75) is 44.6 Å². The Hall–Kier alpha value is -1.71. The maximum atomic E-state index is 12.2. The van der Waals surface area contributed by atoms with E-state index in [9.17, 15) is 4.79 Å². The predicted molar refractivity (Wildman–Crippen MR) is 76.0 cm³/mol. The van der Waals surface area contributed by atoms with Crippen molar-refractivity contribution in [3.63, 3.8) is 0 Å². The molecule has 3 N–H and O–H groups in total. The summed E-state index contributed by atoms with van der Waals surface area (Å²) in [5.41, 5.74) is 8.67. The zero-order chi connectivity index (χ0) is 13.2. The highest BCUT2D eigenvalue weighted by Gasteiger charge is 2.27. The van der Waals surface area contributed by atoms with E-state index in [0.717, 1.165) is 25.8 Å². The van der Waals surface area contributed by atoms with Crippen molar-refractivity contribution in [2.75, 3.05) is 12.3 Å². The summed E-state index contributed by atoms with van der Waals surface area (Å²) in [6, 6.07) is 2.26. The molecule has 1 saturated carbocycles. The predicted octanol–water partition coefficient (Wildman–Crippen LogP) is 2.64. The monoisotopic (exact) mass is 259 g/mol. The molecule has 0 unspecified atom stereocenters. The summed E-state index contributed by atoms with van der Waals surface area (Å²) in [6.07, 6.45) is 11.1. The first-order chi connectivity index (χ1) is 9.24. The lowest BCUT2D eigenvalue weighted by Gasteiger charge is -2.08. The third-order valence-electron chi connectivity index (χ3n) is 3.91. The van der Waals surface area contributed by atoms with Gasteiger partial charge in [-0.2, -0.15) is 0 Å². The molecule has 2 aliphatic carbocycles.